The predicted molar refractivity (Wildman–Crippen MR) is 126 cm³/mol. The normalized spacial score (nSPS) is 18.9. The molecule has 1 aliphatic rings. The number of nitrogens with zero attached hydrogens (tertiary/aromatic N) is 3. The number of aromatic nitrogens is 2. The number of carbonyl (C=O) groups is 1. The number of hydrogen-bond acceptors (Lipinski definition) is 5. The van der Waals surface area contributed by atoms with E-state index in [0.29, 0.717) is 6.73 Å². The largest absolute Gasteiger partial charge is 0.444 e. The van der Waals surface area contributed by atoms with E-state index >= 15 is 0 Å². The van der Waals surface area contributed by atoms with Gasteiger partial charge in [0.2, 0.25) is 0 Å². The van der Waals surface area contributed by atoms with Crippen molar-refractivity contribution in [1.29, 1.82) is 0 Å². The molecule has 0 bridgehead atoms. The molecule has 1 amide bonds. The van der Waals surface area contributed by atoms with Gasteiger partial charge in [-0.3, -0.25) is 9.47 Å². The van der Waals surface area contributed by atoms with E-state index in [-0.39, 0.29) is 16.7 Å². The Morgan fingerprint density at radius 3 is 2.72 bits per heavy atom. The SMILES string of the molecule is CC(SC1CCCN1C(=O)OC(C)(C)C)c1ncc(Br)n1COCC[Si](C)(C)C. The van der Waals surface area contributed by atoms with Crippen LogP contribution in [0.5, 0.6) is 0 Å². The Balaban J connectivity index is 1.98. The van der Waals surface area contributed by atoms with Crippen molar-refractivity contribution in [2.75, 3.05) is 13.2 Å². The van der Waals surface area contributed by atoms with Gasteiger partial charge in [0.15, 0.2) is 0 Å². The molecule has 0 N–H and O–H groups in total. The third kappa shape index (κ3) is 7.92. The highest BCUT2D eigenvalue weighted by Gasteiger charge is 2.34. The van der Waals surface area contributed by atoms with Gasteiger partial charge in [-0.2, -0.15) is 0 Å². The zero-order chi connectivity index (χ0) is 21.8. The molecule has 1 aromatic rings. The molecule has 1 aliphatic heterocycles. The Morgan fingerprint density at radius 2 is 2.10 bits per heavy atom. The van der Waals surface area contributed by atoms with Gasteiger partial charge >= 0.3 is 6.09 Å². The van der Waals surface area contributed by atoms with Crippen LogP contribution in [0.2, 0.25) is 25.7 Å². The van der Waals surface area contributed by atoms with E-state index in [1.165, 1.54) is 0 Å². The first-order valence-corrected chi connectivity index (χ1v) is 15.8. The first-order valence-electron chi connectivity index (χ1n) is 10.3. The monoisotopic (exact) mass is 505 g/mol. The average Bonchev–Trinajstić information content (AvgIpc) is 3.16. The maximum Gasteiger partial charge on any atom is 0.411 e. The zero-order valence-electron chi connectivity index (χ0n) is 18.8. The highest BCUT2D eigenvalue weighted by Crippen LogP contribution is 2.38. The highest BCUT2D eigenvalue weighted by atomic mass is 79.9. The van der Waals surface area contributed by atoms with E-state index in [1.807, 2.05) is 31.9 Å². The van der Waals surface area contributed by atoms with Crippen molar-refractivity contribution in [3.8, 4) is 0 Å². The van der Waals surface area contributed by atoms with Crippen LogP contribution in [0.3, 0.4) is 0 Å². The molecule has 0 saturated carbocycles. The summed E-state index contributed by atoms with van der Waals surface area (Å²) < 4.78 is 14.5. The van der Waals surface area contributed by atoms with Gasteiger partial charge in [0.1, 0.15) is 22.8 Å². The predicted octanol–water partition coefficient (Wildman–Crippen LogP) is 6.11. The fourth-order valence-electron chi connectivity index (χ4n) is 3.06. The van der Waals surface area contributed by atoms with Gasteiger partial charge in [0.25, 0.3) is 0 Å². The van der Waals surface area contributed by atoms with Gasteiger partial charge in [0, 0.05) is 21.2 Å². The Kier molecular flexibility index (Phi) is 8.70. The zero-order valence-corrected chi connectivity index (χ0v) is 22.2. The second-order valence-corrected chi connectivity index (χ2v) is 17.7. The topological polar surface area (TPSA) is 56.6 Å². The summed E-state index contributed by atoms with van der Waals surface area (Å²) in [5.74, 6) is 0.964. The maximum atomic E-state index is 12.6. The maximum absolute atomic E-state index is 12.6. The fraction of sp³-hybridized carbons (Fsp3) is 0.800. The van der Waals surface area contributed by atoms with Crippen LogP contribution in [0, 0.1) is 0 Å². The molecule has 2 unspecified atom stereocenters. The van der Waals surface area contributed by atoms with Crippen LogP contribution in [-0.4, -0.2) is 52.7 Å². The van der Waals surface area contributed by atoms with Gasteiger partial charge in [0.05, 0.1) is 16.8 Å². The summed E-state index contributed by atoms with van der Waals surface area (Å²) in [5, 5.41) is 0.242. The van der Waals surface area contributed by atoms with Crippen molar-refractivity contribution in [2.45, 2.75) is 89.2 Å². The number of likely N-dealkylation sites (tertiary alicyclic amines) is 1. The lowest BCUT2D eigenvalue weighted by molar-refractivity contribution is 0.0277. The minimum atomic E-state index is -1.10. The molecule has 1 saturated heterocycles. The number of hydrogen-bond donors (Lipinski definition) is 0. The van der Waals surface area contributed by atoms with Crippen LogP contribution in [0.25, 0.3) is 0 Å². The highest BCUT2D eigenvalue weighted by molar-refractivity contribution is 9.10. The standard InChI is InChI=1S/C20H36BrN3O3SSi/c1-15(28-17-9-8-10-23(17)19(25)27-20(2,3)4)18-22-13-16(21)24(18)14-26-11-12-29(5,6)7/h13,15,17H,8-12,14H2,1-7H3. The van der Waals surface area contributed by atoms with Crippen molar-refractivity contribution < 1.29 is 14.3 Å². The Bertz CT molecular complexity index is 687. The fourth-order valence-corrected chi connectivity index (χ4v) is 5.62. The van der Waals surface area contributed by atoms with Crippen molar-refractivity contribution in [3.63, 3.8) is 0 Å². The Labute approximate surface area is 189 Å². The van der Waals surface area contributed by atoms with Crippen molar-refractivity contribution in [3.05, 3.63) is 16.6 Å². The van der Waals surface area contributed by atoms with Gasteiger partial charge in [-0.15, -0.1) is 11.8 Å². The summed E-state index contributed by atoms with van der Waals surface area (Å²) in [5.41, 5.74) is -0.477. The molecule has 6 nitrogen and oxygen atoms in total. The summed E-state index contributed by atoms with van der Waals surface area (Å²) in [6, 6.07) is 1.14. The van der Waals surface area contributed by atoms with Crippen molar-refractivity contribution in [2.24, 2.45) is 0 Å². The lowest BCUT2D eigenvalue weighted by Gasteiger charge is -2.29. The van der Waals surface area contributed by atoms with Gasteiger partial charge in [-0.1, -0.05) is 19.6 Å². The van der Waals surface area contributed by atoms with E-state index in [1.54, 1.807) is 11.8 Å². The quantitative estimate of drug-likeness (QED) is 0.315. The Hall–Kier alpha value is -0.513. The molecular formula is C20H36BrN3O3SSi. The van der Waals surface area contributed by atoms with E-state index in [0.717, 1.165) is 42.5 Å². The number of amides is 1. The minimum absolute atomic E-state index is 0.108. The number of ether oxygens (including phenoxy) is 2. The van der Waals surface area contributed by atoms with E-state index in [2.05, 4.69) is 52.0 Å². The van der Waals surface area contributed by atoms with Gasteiger partial charge < -0.3 is 9.47 Å². The van der Waals surface area contributed by atoms with Crippen molar-refractivity contribution in [1.82, 2.24) is 14.5 Å². The van der Waals surface area contributed by atoms with Crippen LogP contribution >= 0.6 is 27.7 Å². The summed E-state index contributed by atoms with van der Waals surface area (Å²) in [6.45, 7) is 16.9. The van der Waals surface area contributed by atoms with Crippen LogP contribution < -0.4 is 0 Å². The lowest BCUT2D eigenvalue weighted by atomic mass is 10.2. The molecule has 2 heterocycles. The number of imidazole rings is 1. The molecule has 166 valence electrons. The minimum Gasteiger partial charge on any atom is -0.444 e. The number of rotatable bonds is 8. The first kappa shape index (κ1) is 24.8. The molecule has 0 radical (unpaired) electrons. The number of thioether (sulfide) groups is 1. The molecule has 0 aromatic carbocycles. The number of halogens is 1. The smallest absolute Gasteiger partial charge is 0.411 e. The summed E-state index contributed by atoms with van der Waals surface area (Å²) in [6.07, 6.45) is 3.58. The summed E-state index contributed by atoms with van der Waals surface area (Å²) in [4.78, 5) is 19.0. The summed E-state index contributed by atoms with van der Waals surface area (Å²) in [7, 11) is -1.10. The molecule has 2 rings (SSSR count). The van der Waals surface area contributed by atoms with Crippen LogP contribution in [0.15, 0.2) is 10.8 Å². The third-order valence-electron chi connectivity index (χ3n) is 4.61. The molecule has 0 aliphatic carbocycles. The second-order valence-electron chi connectivity index (χ2n) is 9.76. The second kappa shape index (κ2) is 10.2. The Morgan fingerprint density at radius 1 is 1.41 bits per heavy atom. The summed E-state index contributed by atoms with van der Waals surface area (Å²) >= 11 is 5.36. The molecule has 29 heavy (non-hydrogen) atoms. The van der Waals surface area contributed by atoms with Crippen LogP contribution in [0.4, 0.5) is 4.79 Å². The molecule has 1 fully saturated rings. The molecule has 2 atom stereocenters. The van der Waals surface area contributed by atoms with Gasteiger partial charge in [-0.05, 0) is 62.5 Å². The number of carbonyl (C=O) groups excluding carboxylic acids is 1. The first-order chi connectivity index (χ1) is 13.4. The van der Waals surface area contributed by atoms with E-state index in [9.17, 15) is 4.79 Å². The lowest BCUT2D eigenvalue weighted by Crippen LogP contribution is -2.38. The van der Waals surface area contributed by atoms with E-state index in [4.69, 9.17) is 9.47 Å². The molecule has 1 aromatic heterocycles. The third-order valence-corrected chi connectivity index (χ3v) is 8.37. The van der Waals surface area contributed by atoms with Crippen molar-refractivity contribution >= 4 is 41.9 Å². The molecule has 0 spiro atoms. The molecular weight excluding hydrogens is 470 g/mol. The average molecular weight is 507 g/mol. The van der Waals surface area contributed by atoms with E-state index < -0.39 is 13.7 Å². The molecule has 9 heteroatoms. The van der Waals surface area contributed by atoms with Crippen LogP contribution in [0.1, 0.15) is 51.6 Å². The van der Waals surface area contributed by atoms with Crippen LogP contribution in [-0.2, 0) is 16.2 Å². The van der Waals surface area contributed by atoms with Gasteiger partial charge in [-0.25, -0.2) is 9.78 Å².